The number of carbonyl (C=O) groups excluding carboxylic acids is 1. The number of hydrogen-bond donors (Lipinski definition) is 0. The van der Waals surface area contributed by atoms with Crippen molar-refractivity contribution < 1.29 is 32.2 Å². The number of alkyl halides is 3. The monoisotopic (exact) mass is 624 g/mol. The van der Waals surface area contributed by atoms with Crippen LogP contribution in [0.25, 0.3) is 22.9 Å². The van der Waals surface area contributed by atoms with Crippen LogP contribution in [0.4, 0.5) is 18.0 Å². The van der Waals surface area contributed by atoms with Crippen LogP contribution < -0.4 is 9.47 Å². The quantitative estimate of drug-likeness (QED) is 0.233. The molecular weight excluding hydrogens is 589 g/mol. The molecule has 0 radical (unpaired) electrons. The highest BCUT2D eigenvalue weighted by atomic mass is 19.4. The normalized spacial score (nSPS) is 16.0. The molecule has 4 heterocycles. The highest BCUT2D eigenvalue weighted by Crippen LogP contribution is 2.40. The molecule has 0 bridgehead atoms. The van der Waals surface area contributed by atoms with Crippen LogP contribution in [0.3, 0.4) is 0 Å². The number of aromatic nitrogens is 5. The number of rotatable bonds is 7. The van der Waals surface area contributed by atoms with Gasteiger partial charge in [0.25, 0.3) is 0 Å². The molecular formula is C32H35F3N6O4. The molecule has 6 rings (SSSR count). The lowest BCUT2D eigenvalue weighted by Gasteiger charge is -2.36. The highest BCUT2D eigenvalue weighted by molar-refractivity contribution is 5.69. The molecule has 1 fully saturated rings. The van der Waals surface area contributed by atoms with Gasteiger partial charge >= 0.3 is 12.3 Å². The SMILES string of the molecule is Cc1nc(-c2cn3c(n2)-c2ccc(OC(C4CCN(C(=O)OCc5ccccc5)CC4)C(F)(F)F)cc2OCC3)n(C(C)C)n1. The number of likely N-dealkylation sites (tertiary alicyclic amines) is 1. The summed E-state index contributed by atoms with van der Waals surface area (Å²) in [6.45, 7) is 7.06. The summed E-state index contributed by atoms with van der Waals surface area (Å²) < 4.78 is 63.7. The Bertz CT molecular complexity index is 1640. The van der Waals surface area contributed by atoms with Crippen LogP contribution in [0.15, 0.2) is 54.7 Å². The fourth-order valence-electron chi connectivity index (χ4n) is 5.78. The van der Waals surface area contributed by atoms with Crippen molar-refractivity contribution in [1.82, 2.24) is 29.2 Å². The first-order chi connectivity index (χ1) is 21.6. The molecule has 0 spiro atoms. The third-order valence-electron chi connectivity index (χ3n) is 8.03. The Morgan fingerprint density at radius 3 is 2.51 bits per heavy atom. The van der Waals surface area contributed by atoms with Crippen molar-refractivity contribution >= 4 is 6.09 Å². The number of piperidine rings is 1. The molecule has 2 aliphatic rings. The third-order valence-corrected chi connectivity index (χ3v) is 8.03. The Hall–Kier alpha value is -4.55. The highest BCUT2D eigenvalue weighted by Gasteiger charge is 2.48. The first kappa shape index (κ1) is 30.5. The van der Waals surface area contributed by atoms with Crippen LogP contribution in [-0.4, -0.2) is 67.3 Å². The molecule has 0 aliphatic carbocycles. The Kier molecular flexibility index (Phi) is 8.43. The minimum atomic E-state index is -4.61. The zero-order valence-electron chi connectivity index (χ0n) is 25.3. The summed E-state index contributed by atoms with van der Waals surface area (Å²) >= 11 is 0. The van der Waals surface area contributed by atoms with Gasteiger partial charge in [-0.2, -0.15) is 18.3 Å². The van der Waals surface area contributed by atoms with E-state index in [4.69, 9.17) is 19.2 Å². The average Bonchev–Trinajstić information content (AvgIpc) is 3.58. The van der Waals surface area contributed by atoms with Crippen molar-refractivity contribution in [3.05, 3.63) is 66.1 Å². The van der Waals surface area contributed by atoms with Gasteiger partial charge in [0.1, 0.15) is 42.1 Å². The van der Waals surface area contributed by atoms with E-state index in [9.17, 15) is 18.0 Å². The van der Waals surface area contributed by atoms with Crippen LogP contribution in [0.2, 0.25) is 0 Å². The topological polar surface area (TPSA) is 96.5 Å². The molecule has 10 nitrogen and oxygen atoms in total. The minimum absolute atomic E-state index is 0.0520. The first-order valence-electron chi connectivity index (χ1n) is 15.0. The van der Waals surface area contributed by atoms with Gasteiger partial charge in [0.05, 0.1) is 12.1 Å². The number of benzene rings is 2. The second-order valence-corrected chi connectivity index (χ2v) is 11.6. The van der Waals surface area contributed by atoms with E-state index in [1.165, 1.54) is 17.0 Å². The molecule has 2 aliphatic heterocycles. The van der Waals surface area contributed by atoms with Crippen molar-refractivity contribution in [2.75, 3.05) is 19.7 Å². The van der Waals surface area contributed by atoms with Gasteiger partial charge in [0.15, 0.2) is 11.9 Å². The molecule has 0 saturated carbocycles. The average molecular weight is 625 g/mol. The summed E-state index contributed by atoms with van der Waals surface area (Å²) in [5.74, 6) is 1.53. The van der Waals surface area contributed by atoms with Gasteiger partial charge in [0, 0.05) is 37.3 Å². The summed E-state index contributed by atoms with van der Waals surface area (Å²) in [6, 6.07) is 14.0. The van der Waals surface area contributed by atoms with Gasteiger partial charge in [-0.05, 0) is 51.3 Å². The van der Waals surface area contributed by atoms with Gasteiger partial charge in [0.2, 0.25) is 0 Å². The van der Waals surface area contributed by atoms with Crippen LogP contribution in [-0.2, 0) is 17.9 Å². The van der Waals surface area contributed by atoms with Crippen molar-refractivity contribution in [3.8, 4) is 34.4 Å². The van der Waals surface area contributed by atoms with E-state index >= 15 is 0 Å². The van der Waals surface area contributed by atoms with Crippen LogP contribution >= 0.6 is 0 Å². The van der Waals surface area contributed by atoms with Crippen LogP contribution in [0, 0.1) is 12.8 Å². The molecule has 1 amide bonds. The van der Waals surface area contributed by atoms with Crippen molar-refractivity contribution in [3.63, 3.8) is 0 Å². The lowest BCUT2D eigenvalue weighted by molar-refractivity contribution is -0.213. The molecule has 2 aromatic heterocycles. The Balaban J connectivity index is 1.15. The predicted octanol–water partition coefficient (Wildman–Crippen LogP) is 6.45. The molecule has 1 atom stereocenters. The standard InChI is InChI=1S/C32H35F3N6O4/c1-20(2)41-30(36-21(3)38-41)26-18-40-15-16-43-27-17-24(9-10-25(27)29(40)37-26)45-28(32(33,34)35)23-11-13-39(14-12-23)31(42)44-19-22-7-5-4-6-8-22/h4-10,17-18,20,23,28H,11-16,19H2,1-3H3. The Labute approximate surface area is 258 Å². The molecule has 2 aromatic carbocycles. The largest absolute Gasteiger partial charge is 0.491 e. The summed E-state index contributed by atoms with van der Waals surface area (Å²) in [4.78, 5) is 23.4. The number of halogens is 3. The van der Waals surface area contributed by atoms with Gasteiger partial charge in [-0.1, -0.05) is 30.3 Å². The second kappa shape index (κ2) is 12.4. The lowest BCUT2D eigenvalue weighted by atomic mass is 9.90. The second-order valence-electron chi connectivity index (χ2n) is 11.6. The fourth-order valence-corrected chi connectivity index (χ4v) is 5.78. The number of nitrogens with zero attached hydrogens (tertiary/aromatic N) is 6. The molecule has 13 heteroatoms. The van der Waals surface area contributed by atoms with E-state index in [0.29, 0.717) is 47.6 Å². The molecule has 0 N–H and O–H groups in total. The van der Waals surface area contributed by atoms with Crippen molar-refractivity contribution in [2.24, 2.45) is 5.92 Å². The number of imidazole rings is 1. The van der Waals surface area contributed by atoms with E-state index in [2.05, 4.69) is 10.1 Å². The van der Waals surface area contributed by atoms with E-state index < -0.39 is 24.3 Å². The van der Waals surface area contributed by atoms with Gasteiger partial charge in [-0.25, -0.2) is 19.4 Å². The number of hydrogen-bond acceptors (Lipinski definition) is 7. The zero-order chi connectivity index (χ0) is 31.7. The maximum absolute atomic E-state index is 14.3. The summed E-state index contributed by atoms with van der Waals surface area (Å²) in [5, 5.41) is 4.48. The van der Waals surface area contributed by atoms with Gasteiger partial charge in [-0.3, -0.25) is 0 Å². The van der Waals surface area contributed by atoms with Gasteiger partial charge < -0.3 is 23.7 Å². The number of ether oxygens (including phenoxy) is 3. The van der Waals surface area contributed by atoms with E-state index in [-0.39, 0.29) is 44.3 Å². The van der Waals surface area contributed by atoms with E-state index in [1.54, 1.807) is 6.07 Å². The molecule has 1 saturated heterocycles. The fraction of sp³-hybridized carbons (Fsp3) is 0.438. The maximum atomic E-state index is 14.3. The zero-order valence-corrected chi connectivity index (χ0v) is 25.3. The number of aryl methyl sites for hydroxylation is 1. The molecule has 1 unspecified atom stereocenters. The van der Waals surface area contributed by atoms with Crippen LogP contribution in [0.5, 0.6) is 11.5 Å². The number of carbonyl (C=O) groups is 1. The molecule has 238 valence electrons. The summed E-state index contributed by atoms with van der Waals surface area (Å²) in [7, 11) is 0. The van der Waals surface area contributed by atoms with E-state index in [1.807, 2.05) is 66.5 Å². The predicted molar refractivity (Wildman–Crippen MR) is 159 cm³/mol. The lowest BCUT2D eigenvalue weighted by Crippen LogP contribution is -2.47. The van der Waals surface area contributed by atoms with E-state index in [0.717, 1.165) is 5.56 Å². The van der Waals surface area contributed by atoms with Crippen molar-refractivity contribution in [2.45, 2.75) is 65.1 Å². The Morgan fingerprint density at radius 2 is 1.80 bits per heavy atom. The maximum Gasteiger partial charge on any atom is 0.425 e. The minimum Gasteiger partial charge on any atom is -0.491 e. The number of amides is 1. The molecule has 45 heavy (non-hydrogen) atoms. The number of fused-ring (bicyclic) bond motifs is 3. The Morgan fingerprint density at radius 1 is 1.04 bits per heavy atom. The van der Waals surface area contributed by atoms with Crippen molar-refractivity contribution in [1.29, 1.82) is 0 Å². The third kappa shape index (κ3) is 6.62. The first-order valence-corrected chi connectivity index (χ1v) is 15.0. The summed E-state index contributed by atoms with van der Waals surface area (Å²) in [5.41, 5.74) is 2.13. The van der Waals surface area contributed by atoms with Crippen LogP contribution in [0.1, 0.15) is 44.1 Å². The molecule has 4 aromatic rings. The smallest absolute Gasteiger partial charge is 0.425 e. The summed E-state index contributed by atoms with van der Waals surface area (Å²) in [6.07, 6.45) is -5.03. The van der Waals surface area contributed by atoms with Gasteiger partial charge in [-0.15, -0.1) is 0 Å².